The molecule has 0 bridgehead atoms. The Labute approximate surface area is 115 Å². The molecule has 0 aliphatic rings. The minimum atomic E-state index is 0.120. The first kappa shape index (κ1) is 13.1. The molecule has 0 atom stereocenters. The molecule has 0 unspecified atom stereocenters. The van der Waals surface area contributed by atoms with Crippen molar-refractivity contribution in [3.05, 3.63) is 45.4 Å². The molecule has 3 nitrogen and oxygen atoms in total. The van der Waals surface area contributed by atoms with Crippen molar-refractivity contribution in [3.8, 4) is 0 Å². The van der Waals surface area contributed by atoms with Gasteiger partial charge in [0.1, 0.15) is 5.78 Å². The predicted octanol–water partition coefficient (Wildman–Crippen LogP) is 3.04. The van der Waals surface area contributed by atoms with Crippen LogP contribution >= 0.6 is 22.9 Å². The number of aryl methyl sites for hydroxylation is 1. The number of ketones is 1. The number of Topliss-reactive ketones (excluding diaryl/α,β-unsaturated/α-hetero) is 1. The molecule has 94 valence electrons. The molecule has 0 saturated heterocycles. The number of thiazole rings is 1. The number of rotatable bonds is 4. The lowest BCUT2D eigenvalue weighted by Gasteiger charge is -2.06. The first-order valence-electron chi connectivity index (χ1n) is 5.52. The van der Waals surface area contributed by atoms with Crippen LogP contribution in [-0.4, -0.2) is 10.8 Å². The molecular weight excluding hydrogens is 268 g/mol. The van der Waals surface area contributed by atoms with Crippen molar-refractivity contribution in [2.24, 2.45) is 0 Å². The van der Waals surface area contributed by atoms with Crippen LogP contribution in [0.1, 0.15) is 16.0 Å². The Morgan fingerprint density at radius 2 is 2.22 bits per heavy atom. The summed E-state index contributed by atoms with van der Waals surface area (Å²) in [7, 11) is 0. The number of nitrogen functional groups attached to an aromatic ring is 1. The molecule has 2 aromatic rings. The molecule has 1 heterocycles. The van der Waals surface area contributed by atoms with E-state index in [4.69, 9.17) is 17.3 Å². The summed E-state index contributed by atoms with van der Waals surface area (Å²) in [5, 5.41) is 1.14. The molecule has 2 rings (SSSR count). The standard InChI is InChI=1S/C13H13ClN2OS/c1-8-3-2-4-12(14)11(8)6-9(17)5-10-7-16-13(15)18-10/h2-4,7H,5-6H2,1H3,(H2,15,16). The number of halogens is 1. The van der Waals surface area contributed by atoms with Crippen LogP contribution in [0.2, 0.25) is 5.02 Å². The summed E-state index contributed by atoms with van der Waals surface area (Å²) in [5.74, 6) is 0.120. The van der Waals surface area contributed by atoms with Gasteiger partial charge in [0.2, 0.25) is 0 Å². The maximum atomic E-state index is 12.0. The maximum Gasteiger partial charge on any atom is 0.180 e. The second kappa shape index (κ2) is 5.50. The first-order valence-corrected chi connectivity index (χ1v) is 6.71. The van der Waals surface area contributed by atoms with Gasteiger partial charge in [0.25, 0.3) is 0 Å². The zero-order chi connectivity index (χ0) is 13.1. The molecule has 0 radical (unpaired) electrons. The molecule has 2 N–H and O–H groups in total. The van der Waals surface area contributed by atoms with E-state index in [1.54, 1.807) is 6.20 Å². The lowest BCUT2D eigenvalue weighted by atomic mass is 10.0. The van der Waals surface area contributed by atoms with E-state index >= 15 is 0 Å². The Hall–Kier alpha value is -1.39. The maximum absolute atomic E-state index is 12.0. The quantitative estimate of drug-likeness (QED) is 0.936. The number of carbonyl (C=O) groups excluding carboxylic acids is 1. The van der Waals surface area contributed by atoms with E-state index in [9.17, 15) is 4.79 Å². The number of benzene rings is 1. The number of carbonyl (C=O) groups is 1. The Morgan fingerprint density at radius 3 is 2.83 bits per heavy atom. The van der Waals surface area contributed by atoms with Gasteiger partial charge >= 0.3 is 0 Å². The predicted molar refractivity (Wildman–Crippen MR) is 75.1 cm³/mol. The largest absolute Gasteiger partial charge is 0.375 e. The topological polar surface area (TPSA) is 56.0 Å². The summed E-state index contributed by atoms with van der Waals surface area (Å²) >= 11 is 7.45. The molecule has 0 saturated carbocycles. The average Bonchev–Trinajstić information content (AvgIpc) is 2.69. The fourth-order valence-electron chi connectivity index (χ4n) is 1.75. The SMILES string of the molecule is Cc1cccc(Cl)c1CC(=O)Cc1cnc(N)s1. The molecule has 0 fully saturated rings. The van der Waals surface area contributed by atoms with Gasteiger partial charge in [-0.3, -0.25) is 4.79 Å². The molecule has 0 spiro atoms. The number of nitrogens with zero attached hydrogens (tertiary/aromatic N) is 1. The van der Waals surface area contributed by atoms with Gasteiger partial charge in [-0.05, 0) is 24.1 Å². The zero-order valence-electron chi connectivity index (χ0n) is 9.94. The smallest absolute Gasteiger partial charge is 0.180 e. The highest BCUT2D eigenvalue weighted by molar-refractivity contribution is 7.15. The summed E-state index contributed by atoms with van der Waals surface area (Å²) in [6.45, 7) is 1.96. The number of aromatic nitrogens is 1. The van der Waals surface area contributed by atoms with Crippen molar-refractivity contribution < 1.29 is 4.79 Å². The summed E-state index contributed by atoms with van der Waals surface area (Å²) in [4.78, 5) is 16.8. The number of hydrogen-bond acceptors (Lipinski definition) is 4. The molecule has 0 aliphatic heterocycles. The lowest BCUT2D eigenvalue weighted by molar-refractivity contribution is -0.117. The minimum absolute atomic E-state index is 0.120. The fraction of sp³-hybridized carbons (Fsp3) is 0.231. The Bertz CT molecular complexity index is 560. The van der Waals surface area contributed by atoms with Crippen LogP contribution in [0, 0.1) is 6.92 Å². The Kier molecular flexibility index (Phi) is 3.99. The summed E-state index contributed by atoms with van der Waals surface area (Å²) < 4.78 is 0. The van der Waals surface area contributed by atoms with Gasteiger partial charge in [-0.1, -0.05) is 23.7 Å². The molecule has 1 aromatic carbocycles. The van der Waals surface area contributed by atoms with Crippen LogP contribution in [0.25, 0.3) is 0 Å². The van der Waals surface area contributed by atoms with Crippen molar-refractivity contribution in [1.82, 2.24) is 4.98 Å². The third kappa shape index (κ3) is 3.09. The van der Waals surface area contributed by atoms with E-state index in [0.717, 1.165) is 16.0 Å². The van der Waals surface area contributed by atoms with Gasteiger partial charge in [0.15, 0.2) is 5.13 Å². The minimum Gasteiger partial charge on any atom is -0.375 e. The van der Waals surface area contributed by atoms with Gasteiger partial charge in [-0.2, -0.15) is 0 Å². The van der Waals surface area contributed by atoms with Crippen molar-refractivity contribution in [2.75, 3.05) is 5.73 Å². The van der Waals surface area contributed by atoms with E-state index in [-0.39, 0.29) is 5.78 Å². The zero-order valence-corrected chi connectivity index (χ0v) is 11.5. The van der Waals surface area contributed by atoms with Crippen LogP contribution in [0.4, 0.5) is 5.13 Å². The number of anilines is 1. The molecule has 18 heavy (non-hydrogen) atoms. The monoisotopic (exact) mass is 280 g/mol. The first-order chi connectivity index (χ1) is 8.56. The van der Waals surface area contributed by atoms with E-state index < -0.39 is 0 Å². The summed E-state index contributed by atoms with van der Waals surface area (Å²) in [6.07, 6.45) is 2.36. The molecule has 1 aromatic heterocycles. The van der Waals surface area contributed by atoms with Crippen LogP contribution in [0.3, 0.4) is 0 Å². The van der Waals surface area contributed by atoms with Crippen molar-refractivity contribution in [2.45, 2.75) is 19.8 Å². The summed E-state index contributed by atoms with van der Waals surface area (Å²) in [5.41, 5.74) is 7.48. The van der Waals surface area contributed by atoms with Gasteiger partial charge < -0.3 is 5.73 Å². The van der Waals surface area contributed by atoms with E-state index in [1.165, 1.54) is 11.3 Å². The fourth-order valence-corrected chi connectivity index (χ4v) is 2.75. The van der Waals surface area contributed by atoms with Gasteiger partial charge in [0, 0.05) is 28.9 Å². The third-order valence-electron chi connectivity index (χ3n) is 2.67. The van der Waals surface area contributed by atoms with Crippen LogP contribution in [-0.2, 0) is 17.6 Å². The van der Waals surface area contributed by atoms with E-state index in [1.807, 2.05) is 25.1 Å². The second-order valence-electron chi connectivity index (χ2n) is 4.09. The Balaban J connectivity index is 2.08. The molecule has 5 heteroatoms. The normalized spacial score (nSPS) is 10.6. The number of hydrogen-bond donors (Lipinski definition) is 1. The highest BCUT2D eigenvalue weighted by Crippen LogP contribution is 2.21. The van der Waals surface area contributed by atoms with Crippen molar-refractivity contribution >= 4 is 33.9 Å². The van der Waals surface area contributed by atoms with Gasteiger partial charge in [-0.25, -0.2) is 4.98 Å². The third-order valence-corrected chi connectivity index (χ3v) is 3.85. The van der Waals surface area contributed by atoms with Crippen molar-refractivity contribution in [3.63, 3.8) is 0 Å². The van der Waals surface area contributed by atoms with E-state index in [2.05, 4.69) is 4.98 Å². The van der Waals surface area contributed by atoms with Gasteiger partial charge in [-0.15, -0.1) is 11.3 Å². The van der Waals surface area contributed by atoms with Crippen molar-refractivity contribution in [1.29, 1.82) is 0 Å². The molecule has 0 amide bonds. The second-order valence-corrected chi connectivity index (χ2v) is 5.65. The van der Waals surface area contributed by atoms with E-state index in [0.29, 0.717) is 23.0 Å². The highest BCUT2D eigenvalue weighted by atomic mass is 35.5. The number of nitrogens with two attached hydrogens (primary N) is 1. The highest BCUT2D eigenvalue weighted by Gasteiger charge is 2.11. The molecule has 0 aliphatic carbocycles. The lowest BCUT2D eigenvalue weighted by Crippen LogP contribution is -2.07. The van der Waals surface area contributed by atoms with Crippen LogP contribution in [0.5, 0.6) is 0 Å². The Morgan fingerprint density at radius 1 is 1.44 bits per heavy atom. The molecular formula is C13H13ClN2OS. The summed E-state index contributed by atoms with van der Waals surface area (Å²) in [6, 6.07) is 5.65. The van der Waals surface area contributed by atoms with Gasteiger partial charge in [0.05, 0.1) is 0 Å². The average molecular weight is 281 g/mol. The van der Waals surface area contributed by atoms with Crippen LogP contribution in [0.15, 0.2) is 24.4 Å². The van der Waals surface area contributed by atoms with Crippen LogP contribution < -0.4 is 5.73 Å².